The molecule has 0 unspecified atom stereocenters. The number of fused-ring (bicyclic) bond motifs is 1. The molecule has 1 heterocycles. The fourth-order valence-electron chi connectivity index (χ4n) is 1.39. The first-order valence-electron chi connectivity index (χ1n) is 4.37. The number of ether oxygens (including phenoxy) is 1. The van der Waals surface area contributed by atoms with Crippen molar-refractivity contribution in [2.24, 2.45) is 0 Å². The van der Waals surface area contributed by atoms with E-state index in [9.17, 15) is 4.79 Å². The molecule has 1 aromatic carbocycles. The number of nitrogens with one attached hydrogen (secondary N) is 1. The van der Waals surface area contributed by atoms with Crippen LogP contribution in [0.15, 0.2) is 18.2 Å². The summed E-state index contributed by atoms with van der Waals surface area (Å²) in [6.45, 7) is 2.67. The average molecular weight is 177 g/mol. The van der Waals surface area contributed by atoms with Crippen LogP contribution in [0.25, 0.3) is 0 Å². The summed E-state index contributed by atoms with van der Waals surface area (Å²) >= 11 is 0. The number of carbonyl (C=O) groups is 1. The monoisotopic (exact) mass is 177 g/mol. The summed E-state index contributed by atoms with van der Waals surface area (Å²) in [5.41, 5.74) is 2.32. The summed E-state index contributed by atoms with van der Waals surface area (Å²) in [6, 6.07) is 5.90. The van der Waals surface area contributed by atoms with Gasteiger partial charge < -0.3 is 10.1 Å². The van der Waals surface area contributed by atoms with E-state index in [0.717, 1.165) is 12.0 Å². The molecule has 0 saturated carbocycles. The number of hydrogen-bond donors (Lipinski definition) is 1. The quantitative estimate of drug-likeness (QED) is 0.710. The molecule has 0 spiro atoms. The molecule has 1 N–H and O–H groups in total. The molecule has 0 atom stereocenters. The number of benzene rings is 1. The van der Waals surface area contributed by atoms with Crippen LogP contribution in [0.4, 0.5) is 4.79 Å². The lowest BCUT2D eigenvalue weighted by atomic mass is 10.1. The highest BCUT2D eigenvalue weighted by Gasteiger charge is 2.15. The summed E-state index contributed by atoms with van der Waals surface area (Å²) in [7, 11) is 0. The smallest absolute Gasteiger partial charge is 0.410 e. The largest absolute Gasteiger partial charge is 0.412 e. The fourth-order valence-corrected chi connectivity index (χ4v) is 1.39. The third-order valence-electron chi connectivity index (χ3n) is 2.16. The molecule has 3 heteroatoms. The highest BCUT2D eigenvalue weighted by atomic mass is 16.6. The maximum atomic E-state index is 10.8. The number of aryl methyl sites for hydroxylation is 1. The topological polar surface area (TPSA) is 38.3 Å². The van der Waals surface area contributed by atoms with E-state index in [1.165, 1.54) is 5.56 Å². The van der Waals surface area contributed by atoms with Gasteiger partial charge in [0, 0.05) is 12.1 Å². The van der Waals surface area contributed by atoms with Gasteiger partial charge in [0.25, 0.3) is 0 Å². The lowest BCUT2D eigenvalue weighted by Gasteiger charge is -2.17. The van der Waals surface area contributed by atoms with Crippen molar-refractivity contribution in [2.45, 2.75) is 19.9 Å². The Labute approximate surface area is 76.7 Å². The van der Waals surface area contributed by atoms with Crippen LogP contribution < -0.4 is 10.1 Å². The van der Waals surface area contributed by atoms with Gasteiger partial charge in [0.2, 0.25) is 0 Å². The number of carbonyl (C=O) groups excluding carboxylic acids is 1. The van der Waals surface area contributed by atoms with Gasteiger partial charge >= 0.3 is 6.09 Å². The zero-order valence-corrected chi connectivity index (χ0v) is 7.46. The lowest BCUT2D eigenvalue weighted by Crippen LogP contribution is -2.31. The molecule has 0 radical (unpaired) electrons. The Morgan fingerprint density at radius 2 is 2.38 bits per heavy atom. The number of amides is 1. The maximum Gasteiger partial charge on any atom is 0.412 e. The Kier molecular flexibility index (Phi) is 1.93. The third-order valence-corrected chi connectivity index (χ3v) is 2.16. The Bertz CT molecular complexity index is 347. The van der Waals surface area contributed by atoms with Crippen molar-refractivity contribution in [3.63, 3.8) is 0 Å². The summed E-state index contributed by atoms with van der Waals surface area (Å²) in [6.07, 6.45) is 0.637. The van der Waals surface area contributed by atoms with Gasteiger partial charge in [-0.2, -0.15) is 0 Å². The molecule has 1 aliphatic heterocycles. The molecule has 0 saturated heterocycles. The first-order chi connectivity index (χ1) is 6.29. The van der Waals surface area contributed by atoms with Crippen LogP contribution in [-0.2, 0) is 13.0 Å². The van der Waals surface area contributed by atoms with Gasteiger partial charge in [0.15, 0.2) is 0 Å². The van der Waals surface area contributed by atoms with Gasteiger partial charge in [-0.1, -0.05) is 19.1 Å². The second kappa shape index (κ2) is 3.09. The molecule has 68 valence electrons. The van der Waals surface area contributed by atoms with E-state index in [4.69, 9.17) is 4.74 Å². The molecule has 1 amide bonds. The minimum Gasteiger partial charge on any atom is -0.410 e. The Morgan fingerprint density at radius 3 is 3.15 bits per heavy atom. The molecular formula is C10H11NO2. The van der Waals surface area contributed by atoms with Crippen LogP contribution in [-0.4, -0.2) is 6.09 Å². The van der Waals surface area contributed by atoms with Crippen molar-refractivity contribution < 1.29 is 9.53 Å². The summed E-state index contributed by atoms with van der Waals surface area (Å²) < 4.78 is 4.98. The van der Waals surface area contributed by atoms with E-state index >= 15 is 0 Å². The standard InChI is InChI=1S/C10H11NO2/c1-2-7-3-4-9-8(5-7)6-11-10(12)13-9/h3-5H,2,6H2,1H3,(H,11,12). The second-order valence-electron chi connectivity index (χ2n) is 3.04. The molecular weight excluding hydrogens is 166 g/mol. The van der Waals surface area contributed by atoms with Crippen LogP contribution in [0.2, 0.25) is 0 Å². The minimum absolute atomic E-state index is 0.364. The number of rotatable bonds is 1. The molecule has 1 aromatic rings. The zero-order valence-electron chi connectivity index (χ0n) is 7.46. The Hall–Kier alpha value is -1.51. The van der Waals surface area contributed by atoms with Gasteiger partial charge in [-0.05, 0) is 18.1 Å². The van der Waals surface area contributed by atoms with Crippen molar-refractivity contribution in [3.05, 3.63) is 29.3 Å². The molecule has 13 heavy (non-hydrogen) atoms. The van der Waals surface area contributed by atoms with Gasteiger partial charge in [-0.25, -0.2) is 4.79 Å². The van der Waals surface area contributed by atoms with Crippen molar-refractivity contribution in [1.29, 1.82) is 0 Å². The molecule has 2 rings (SSSR count). The summed E-state index contributed by atoms with van der Waals surface area (Å²) in [5.74, 6) is 0.681. The maximum absolute atomic E-state index is 10.8. The third kappa shape index (κ3) is 1.49. The Balaban J connectivity index is 2.36. The molecule has 0 aliphatic carbocycles. The molecule has 1 aliphatic rings. The van der Waals surface area contributed by atoms with Gasteiger partial charge in [-0.15, -0.1) is 0 Å². The first kappa shape index (κ1) is 8.10. The predicted molar refractivity (Wildman–Crippen MR) is 48.7 cm³/mol. The number of hydrogen-bond acceptors (Lipinski definition) is 2. The van der Waals surface area contributed by atoms with E-state index in [-0.39, 0.29) is 6.09 Å². The van der Waals surface area contributed by atoms with E-state index in [1.807, 2.05) is 12.1 Å². The van der Waals surface area contributed by atoms with Crippen molar-refractivity contribution in [1.82, 2.24) is 5.32 Å². The van der Waals surface area contributed by atoms with E-state index in [2.05, 4.69) is 18.3 Å². The van der Waals surface area contributed by atoms with Crippen LogP contribution in [0.5, 0.6) is 5.75 Å². The van der Waals surface area contributed by atoms with Crippen LogP contribution in [0.1, 0.15) is 18.1 Å². The first-order valence-corrected chi connectivity index (χ1v) is 4.37. The van der Waals surface area contributed by atoms with Crippen molar-refractivity contribution in [2.75, 3.05) is 0 Å². The average Bonchev–Trinajstić information content (AvgIpc) is 2.17. The lowest BCUT2D eigenvalue weighted by molar-refractivity contribution is 0.194. The van der Waals surface area contributed by atoms with Gasteiger partial charge in [-0.3, -0.25) is 0 Å². The fraction of sp³-hybridized carbons (Fsp3) is 0.300. The SMILES string of the molecule is CCc1ccc2c(c1)CNC(=O)O2. The van der Waals surface area contributed by atoms with Crippen LogP contribution >= 0.6 is 0 Å². The normalized spacial score (nSPS) is 14.4. The second-order valence-corrected chi connectivity index (χ2v) is 3.04. The molecule has 0 aromatic heterocycles. The molecule has 0 fully saturated rings. The van der Waals surface area contributed by atoms with Crippen molar-refractivity contribution in [3.8, 4) is 5.75 Å². The van der Waals surface area contributed by atoms with E-state index in [0.29, 0.717) is 12.3 Å². The molecule has 0 bridgehead atoms. The minimum atomic E-state index is -0.364. The van der Waals surface area contributed by atoms with Gasteiger partial charge in [0.05, 0.1) is 0 Å². The van der Waals surface area contributed by atoms with Gasteiger partial charge in [0.1, 0.15) is 5.75 Å². The summed E-state index contributed by atoms with van der Waals surface area (Å²) in [5, 5.41) is 2.63. The van der Waals surface area contributed by atoms with Crippen LogP contribution in [0, 0.1) is 0 Å². The highest BCUT2D eigenvalue weighted by molar-refractivity contribution is 5.73. The predicted octanol–water partition coefficient (Wildman–Crippen LogP) is 1.85. The van der Waals surface area contributed by atoms with E-state index in [1.54, 1.807) is 0 Å². The summed E-state index contributed by atoms with van der Waals surface area (Å²) in [4.78, 5) is 10.8. The zero-order chi connectivity index (χ0) is 9.26. The highest BCUT2D eigenvalue weighted by Crippen LogP contribution is 2.23. The van der Waals surface area contributed by atoms with E-state index < -0.39 is 0 Å². The Morgan fingerprint density at radius 1 is 1.54 bits per heavy atom. The molecule has 3 nitrogen and oxygen atoms in total. The van der Waals surface area contributed by atoms with Crippen LogP contribution in [0.3, 0.4) is 0 Å². The van der Waals surface area contributed by atoms with Crippen molar-refractivity contribution >= 4 is 6.09 Å².